The Morgan fingerprint density at radius 1 is 1.19 bits per heavy atom. The van der Waals surface area contributed by atoms with E-state index in [0.29, 0.717) is 4.47 Å². The van der Waals surface area contributed by atoms with Gasteiger partial charge in [0.25, 0.3) is 5.69 Å². The maximum absolute atomic E-state index is 10.9. The van der Waals surface area contributed by atoms with Gasteiger partial charge in [-0.3, -0.25) is 10.1 Å². The second kappa shape index (κ2) is 6.26. The highest BCUT2D eigenvalue weighted by atomic mass is 79.9. The van der Waals surface area contributed by atoms with E-state index in [0.717, 1.165) is 22.4 Å². The number of ether oxygens (including phenoxy) is 1. The third kappa shape index (κ3) is 3.42. The number of aryl methyl sites for hydroxylation is 3. The molecular weight excluding hydrogens is 334 g/mol. The van der Waals surface area contributed by atoms with Crippen molar-refractivity contribution >= 4 is 21.6 Å². The maximum atomic E-state index is 10.9. The summed E-state index contributed by atoms with van der Waals surface area (Å²) in [6, 6.07) is 9.07. The fourth-order valence-electron chi connectivity index (χ4n) is 2.36. The van der Waals surface area contributed by atoms with E-state index in [-0.39, 0.29) is 12.3 Å². The molecule has 2 rings (SSSR count). The van der Waals surface area contributed by atoms with Gasteiger partial charge in [0.1, 0.15) is 16.8 Å². The molecule has 0 atom stereocenters. The van der Waals surface area contributed by atoms with E-state index >= 15 is 0 Å². The highest BCUT2D eigenvalue weighted by Crippen LogP contribution is 2.30. The summed E-state index contributed by atoms with van der Waals surface area (Å²) >= 11 is 3.28. The van der Waals surface area contributed by atoms with Crippen LogP contribution in [-0.2, 0) is 6.61 Å². The van der Waals surface area contributed by atoms with Gasteiger partial charge in [-0.25, -0.2) is 0 Å². The summed E-state index contributed by atoms with van der Waals surface area (Å²) in [6.45, 7) is 6.32. The zero-order valence-electron chi connectivity index (χ0n) is 12.1. The summed E-state index contributed by atoms with van der Waals surface area (Å²) in [5.41, 5.74) is 4.12. The van der Waals surface area contributed by atoms with Gasteiger partial charge in [0, 0.05) is 11.6 Å². The minimum Gasteiger partial charge on any atom is -0.488 e. The molecule has 0 aliphatic carbocycles. The molecule has 0 heterocycles. The number of hydrogen-bond donors (Lipinski definition) is 0. The Morgan fingerprint density at radius 3 is 2.38 bits per heavy atom. The van der Waals surface area contributed by atoms with Crippen LogP contribution >= 0.6 is 15.9 Å². The van der Waals surface area contributed by atoms with Gasteiger partial charge < -0.3 is 4.74 Å². The standard InChI is InChI=1S/C16H16BrNO3/c1-10-7-11(2)16(12(3)8-10)21-9-13-5-4-6-14(15(13)17)18(19)20/h4-8H,9H2,1-3H3. The summed E-state index contributed by atoms with van der Waals surface area (Å²) in [7, 11) is 0. The Balaban J connectivity index is 2.25. The van der Waals surface area contributed by atoms with Gasteiger partial charge in [-0.05, 0) is 47.8 Å². The fraction of sp³-hybridized carbons (Fsp3) is 0.250. The molecule has 0 saturated carbocycles. The Labute approximate surface area is 132 Å². The number of nitro groups is 1. The van der Waals surface area contributed by atoms with Crippen molar-refractivity contribution in [3.8, 4) is 5.75 Å². The van der Waals surface area contributed by atoms with E-state index in [9.17, 15) is 10.1 Å². The van der Waals surface area contributed by atoms with Crippen molar-refractivity contribution in [3.05, 3.63) is 67.2 Å². The van der Waals surface area contributed by atoms with E-state index in [1.807, 2.05) is 26.8 Å². The van der Waals surface area contributed by atoms with Crippen molar-refractivity contribution < 1.29 is 9.66 Å². The highest BCUT2D eigenvalue weighted by Gasteiger charge is 2.15. The van der Waals surface area contributed by atoms with Crippen molar-refractivity contribution in [2.45, 2.75) is 27.4 Å². The Hall–Kier alpha value is -1.88. The lowest BCUT2D eigenvalue weighted by Crippen LogP contribution is -2.01. The number of rotatable bonds is 4. The van der Waals surface area contributed by atoms with Crippen LogP contribution in [0.15, 0.2) is 34.8 Å². The SMILES string of the molecule is Cc1cc(C)c(OCc2cccc([N+](=O)[O-])c2Br)c(C)c1. The Bertz CT molecular complexity index is 675. The van der Waals surface area contributed by atoms with Crippen LogP contribution in [0.3, 0.4) is 0 Å². The second-order valence-electron chi connectivity index (χ2n) is 5.02. The molecule has 110 valence electrons. The average molecular weight is 350 g/mol. The summed E-state index contributed by atoms with van der Waals surface area (Å²) in [5, 5.41) is 10.9. The van der Waals surface area contributed by atoms with Crippen LogP contribution in [0.1, 0.15) is 22.3 Å². The number of nitro benzene ring substituents is 1. The number of benzene rings is 2. The van der Waals surface area contributed by atoms with Crippen LogP contribution in [0.25, 0.3) is 0 Å². The lowest BCUT2D eigenvalue weighted by molar-refractivity contribution is -0.385. The predicted molar refractivity (Wildman–Crippen MR) is 85.8 cm³/mol. The lowest BCUT2D eigenvalue weighted by atomic mass is 10.1. The van der Waals surface area contributed by atoms with Crippen molar-refractivity contribution in [1.82, 2.24) is 0 Å². The number of hydrogen-bond acceptors (Lipinski definition) is 3. The predicted octanol–water partition coefficient (Wildman–Crippen LogP) is 4.86. The first-order chi connectivity index (χ1) is 9.90. The Morgan fingerprint density at radius 2 is 1.81 bits per heavy atom. The molecule has 0 bridgehead atoms. The van der Waals surface area contributed by atoms with Crippen molar-refractivity contribution in [2.75, 3.05) is 0 Å². The van der Waals surface area contributed by atoms with Crippen LogP contribution in [-0.4, -0.2) is 4.92 Å². The van der Waals surface area contributed by atoms with E-state index in [1.54, 1.807) is 6.07 Å². The molecule has 0 N–H and O–H groups in total. The molecule has 0 radical (unpaired) electrons. The quantitative estimate of drug-likeness (QED) is 0.584. The summed E-state index contributed by atoms with van der Waals surface area (Å²) < 4.78 is 6.34. The first kappa shape index (κ1) is 15.5. The molecule has 0 spiro atoms. The molecule has 0 aliphatic rings. The molecule has 5 heteroatoms. The third-order valence-corrected chi connectivity index (χ3v) is 4.15. The van der Waals surface area contributed by atoms with Crippen LogP contribution in [0.5, 0.6) is 5.75 Å². The van der Waals surface area contributed by atoms with Crippen LogP contribution in [0.2, 0.25) is 0 Å². The summed E-state index contributed by atoms with van der Waals surface area (Å²) in [4.78, 5) is 10.5. The molecular formula is C16H16BrNO3. The van der Waals surface area contributed by atoms with Crippen molar-refractivity contribution in [2.24, 2.45) is 0 Å². The molecule has 0 amide bonds. The molecule has 0 aromatic heterocycles. The Kier molecular flexibility index (Phi) is 4.63. The van der Waals surface area contributed by atoms with E-state index in [1.165, 1.54) is 11.6 Å². The third-order valence-electron chi connectivity index (χ3n) is 3.23. The number of halogens is 1. The topological polar surface area (TPSA) is 52.4 Å². The molecule has 2 aromatic carbocycles. The minimum absolute atomic E-state index is 0.0495. The van der Waals surface area contributed by atoms with Gasteiger partial charge >= 0.3 is 0 Å². The lowest BCUT2D eigenvalue weighted by Gasteiger charge is -2.14. The fourth-order valence-corrected chi connectivity index (χ4v) is 2.89. The zero-order chi connectivity index (χ0) is 15.6. The van der Waals surface area contributed by atoms with E-state index in [2.05, 4.69) is 28.1 Å². The smallest absolute Gasteiger partial charge is 0.283 e. The van der Waals surface area contributed by atoms with Crippen molar-refractivity contribution in [1.29, 1.82) is 0 Å². The first-order valence-electron chi connectivity index (χ1n) is 6.52. The normalized spacial score (nSPS) is 10.5. The van der Waals surface area contributed by atoms with Crippen LogP contribution in [0.4, 0.5) is 5.69 Å². The zero-order valence-corrected chi connectivity index (χ0v) is 13.7. The molecule has 0 aliphatic heterocycles. The van der Waals surface area contributed by atoms with Crippen LogP contribution in [0, 0.1) is 30.9 Å². The van der Waals surface area contributed by atoms with Gasteiger partial charge in [-0.1, -0.05) is 29.8 Å². The van der Waals surface area contributed by atoms with Crippen LogP contribution < -0.4 is 4.74 Å². The van der Waals surface area contributed by atoms with Gasteiger partial charge in [0.05, 0.1) is 4.92 Å². The highest BCUT2D eigenvalue weighted by molar-refractivity contribution is 9.10. The second-order valence-corrected chi connectivity index (χ2v) is 5.82. The summed E-state index contributed by atoms with van der Waals surface area (Å²) in [5.74, 6) is 0.832. The van der Waals surface area contributed by atoms with Gasteiger partial charge in [-0.2, -0.15) is 0 Å². The molecule has 0 fully saturated rings. The van der Waals surface area contributed by atoms with Gasteiger partial charge in [-0.15, -0.1) is 0 Å². The maximum Gasteiger partial charge on any atom is 0.283 e. The molecule has 21 heavy (non-hydrogen) atoms. The molecule has 4 nitrogen and oxygen atoms in total. The monoisotopic (exact) mass is 349 g/mol. The number of nitrogens with zero attached hydrogens (tertiary/aromatic N) is 1. The van der Waals surface area contributed by atoms with Gasteiger partial charge in [0.2, 0.25) is 0 Å². The average Bonchev–Trinajstić information content (AvgIpc) is 2.38. The van der Waals surface area contributed by atoms with Gasteiger partial charge in [0.15, 0.2) is 0 Å². The molecule has 2 aromatic rings. The van der Waals surface area contributed by atoms with Crippen molar-refractivity contribution in [3.63, 3.8) is 0 Å². The minimum atomic E-state index is -0.407. The first-order valence-corrected chi connectivity index (χ1v) is 7.32. The molecule has 0 unspecified atom stereocenters. The van der Waals surface area contributed by atoms with E-state index in [4.69, 9.17) is 4.74 Å². The summed E-state index contributed by atoms with van der Waals surface area (Å²) in [6.07, 6.45) is 0. The largest absolute Gasteiger partial charge is 0.488 e. The molecule has 0 saturated heterocycles. The van der Waals surface area contributed by atoms with E-state index < -0.39 is 4.92 Å².